The van der Waals surface area contributed by atoms with Gasteiger partial charge in [-0.3, -0.25) is 0 Å². The van der Waals surface area contributed by atoms with E-state index in [0.29, 0.717) is 0 Å². The van der Waals surface area contributed by atoms with Gasteiger partial charge in [0.15, 0.2) is 0 Å². The summed E-state index contributed by atoms with van der Waals surface area (Å²) < 4.78 is 0. The maximum atomic E-state index is 10.2. The Bertz CT molecular complexity index is 440. The molecule has 0 saturated carbocycles. The third kappa shape index (κ3) is 17.9. The van der Waals surface area contributed by atoms with Crippen LogP contribution in [0.2, 0.25) is 0 Å². The highest BCUT2D eigenvalue weighted by atomic mass is 16.4. The van der Waals surface area contributed by atoms with E-state index in [1.165, 1.54) is 63.2 Å². The molecule has 0 fully saturated rings. The number of rotatable bonds is 13. The molecule has 0 heterocycles. The molecule has 0 unspecified atom stereocenters. The van der Waals surface area contributed by atoms with Crippen LogP contribution in [-0.4, -0.2) is 16.2 Å². The summed E-state index contributed by atoms with van der Waals surface area (Å²) in [5.41, 5.74) is 0. The normalized spacial score (nSPS) is 13.2. The van der Waals surface area contributed by atoms with Crippen molar-refractivity contribution in [3.05, 3.63) is 60.4 Å². The molecule has 2 N–H and O–H groups in total. The summed E-state index contributed by atoms with van der Waals surface area (Å²) in [6.45, 7) is 2.24. The quantitative estimate of drug-likeness (QED) is 0.193. The van der Waals surface area contributed by atoms with Crippen molar-refractivity contribution in [3.8, 4) is 0 Å². The van der Waals surface area contributed by atoms with E-state index in [9.17, 15) is 9.90 Å². The van der Waals surface area contributed by atoms with Crippen molar-refractivity contribution in [3.63, 3.8) is 0 Å². The number of hydrogen-bond donors (Lipinski definition) is 2. The third-order valence-corrected chi connectivity index (χ3v) is 3.22. The van der Waals surface area contributed by atoms with Gasteiger partial charge >= 0.3 is 5.97 Å². The lowest BCUT2D eigenvalue weighted by Gasteiger charge is -1.98. The van der Waals surface area contributed by atoms with E-state index < -0.39 is 5.97 Å². The molecule has 0 bridgehead atoms. The van der Waals surface area contributed by atoms with Crippen LogP contribution in [0.1, 0.15) is 58.3 Å². The molecule has 0 saturated heterocycles. The highest BCUT2D eigenvalue weighted by Crippen LogP contribution is 2.08. The maximum Gasteiger partial charge on any atom is 0.328 e. The predicted molar refractivity (Wildman–Crippen MR) is 97.5 cm³/mol. The monoisotopic (exact) mass is 318 g/mol. The second-order valence-corrected chi connectivity index (χ2v) is 5.37. The maximum absolute atomic E-state index is 10.2. The molecule has 0 aliphatic carbocycles. The van der Waals surface area contributed by atoms with Crippen LogP contribution in [0, 0.1) is 0 Å². The first kappa shape index (κ1) is 21.0. The van der Waals surface area contributed by atoms with Crippen LogP contribution in [0.25, 0.3) is 0 Å². The molecule has 0 rings (SSSR count). The minimum Gasteiger partial charge on any atom is -0.508 e. The first-order valence-corrected chi connectivity index (χ1v) is 8.47. The molecule has 0 amide bonds. The summed E-state index contributed by atoms with van der Waals surface area (Å²) in [5.74, 6) is -1.02. The molecule has 3 nitrogen and oxygen atoms in total. The van der Waals surface area contributed by atoms with Gasteiger partial charge in [0.05, 0.1) is 0 Å². The number of aliphatic hydroxyl groups excluding tert-OH is 1. The lowest BCUT2D eigenvalue weighted by atomic mass is 10.1. The molecule has 0 aromatic carbocycles. The van der Waals surface area contributed by atoms with Crippen molar-refractivity contribution in [2.24, 2.45) is 0 Å². The fraction of sp³-hybridized carbons (Fsp3) is 0.450. The Labute approximate surface area is 140 Å². The molecule has 0 aliphatic rings. The molecule has 0 radical (unpaired) electrons. The van der Waals surface area contributed by atoms with Crippen molar-refractivity contribution in [1.82, 2.24) is 0 Å². The average molecular weight is 318 g/mol. The molecule has 3 heteroatoms. The van der Waals surface area contributed by atoms with Gasteiger partial charge in [0.25, 0.3) is 0 Å². The first-order valence-electron chi connectivity index (χ1n) is 8.47. The van der Waals surface area contributed by atoms with Crippen molar-refractivity contribution in [2.45, 2.75) is 58.3 Å². The second kappa shape index (κ2) is 16.3. The number of carboxylic acid groups (broad SMARTS) is 1. The van der Waals surface area contributed by atoms with Gasteiger partial charge in [0, 0.05) is 6.08 Å². The summed E-state index contributed by atoms with van der Waals surface area (Å²) in [5, 5.41) is 17.8. The molecule has 0 aromatic rings. The summed E-state index contributed by atoms with van der Waals surface area (Å²) in [6, 6.07) is 0. The minimum atomic E-state index is -1.04. The van der Waals surface area contributed by atoms with Gasteiger partial charge in [-0.2, -0.15) is 0 Å². The summed E-state index contributed by atoms with van der Waals surface area (Å²) in [7, 11) is 0. The fourth-order valence-corrected chi connectivity index (χ4v) is 1.96. The molecule has 0 atom stereocenters. The summed E-state index contributed by atoms with van der Waals surface area (Å²) in [6.07, 6.45) is 25.1. The van der Waals surface area contributed by atoms with Crippen molar-refractivity contribution < 1.29 is 15.0 Å². The van der Waals surface area contributed by atoms with Crippen LogP contribution in [0.15, 0.2) is 60.4 Å². The van der Waals surface area contributed by atoms with E-state index in [1.54, 1.807) is 6.08 Å². The average Bonchev–Trinajstić information content (AvgIpc) is 2.51. The van der Waals surface area contributed by atoms with Crippen LogP contribution in [0.4, 0.5) is 0 Å². The predicted octanol–water partition coefficient (Wildman–Crippen LogP) is 5.88. The zero-order chi connectivity index (χ0) is 17.2. The lowest BCUT2D eigenvalue weighted by molar-refractivity contribution is -0.131. The van der Waals surface area contributed by atoms with E-state index in [2.05, 4.69) is 13.0 Å². The number of unbranched alkanes of at least 4 members (excludes halogenated alkanes) is 7. The van der Waals surface area contributed by atoms with Gasteiger partial charge in [0.2, 0.25) is 0 Å². The Morgan fingerprint density at radius 1 is 0.783 bits per heavy atom. The van der Waals surface area contributed by atoms with Crippen molar-refractivity contribution in [1.29, 1.82) is 0 Å². The summed E-state index contributed by atoms with van der Waals surface area (Å²) in [4.78, 5) is 10.2. The second-order valence-electron chi connectivity index (χ2n) is 5.37. The third-order valence-electron chi connectivity index (χ3n) is 3.22. The Hall–Kier alpha value is -2.03. The Balaban J connectivity index is 3.68. The summed E-state index contributed by atoms with van der Waals surface area (Å²) >= 11 is 0. The van der Waals surface area contributed by atoms with E-state index in [1.807, 2.05) is 18.2 Å². The van der Waals surface area contributed by atoms with Gasteiger partial charge in [-0.25, -0.2) is 4.79 Å². The van der Waals surface area contributed by atoms with Gasteiger partial charge in [-0.05, 0) is 25.0 Å². The van der Waals surface area contributed by atoms with E-state index >= 15 is 0 Å². The van der Waals surface area contributed by atoms with Crippen molar-refractivity contribution >= 4 is 5.97 Å². The molecule has 23 heavy (non-hydrogen) atoms. The fourth-order valence-electron chi connectivity index (χ4n) is 1.96. The zero-order valence-electron chi connectivity index (χ0n) is 14.2. The van der Waals surface area contributed by atoms with E-state index in [-0.39, 0.29) is 5.76 Å². The molecule has 0 spiro atoms. The molecular formula is C20H30O3. The first-order chi connectivity index (χ1) is 11.2. The Morgan fingerprint density at radius 3 is 2.13 bits per heavy atom. The number of hydrogen-bond acceptors (Lipinski definition) is 2. The Morgan fingerprint density at radius 2 is 1.43 bits per heavy atom. The molecule has 0 aliphatic heterocycles. The number of aliphatic carboxylic acids is 1. The standard InChI is InChI=1S/C20H30O3/c1-2-3-4-5-6-7-8-9-10-11-12-13-14-16-19(21)17-15-18-20(22)23/h10-18,21H,2-9H2,1H3,(H,22,23)/b11-10+,13-12+,16-14+,18-15+,19-17-. The molecule has 128 valence electrons. The van der Waals surface area contributed by atoms with Gasteiger partial charge < -0.3 is 10.2 Å². The smallest absolute Gasteiger partial charge is 0.328 e. The number of carboxylic acids is 1. The largest absolute Gasteiger partial charge is 0.508 e. The van der Waals surface area contributed by atoms with Gasteiger partial charge in [-0.1, -0.05) is 81.9 Å². The topological polar surface area (TPSA) is 57.5 Å². The van der Waals surface area contributed by atoms with Crippen molar-refractivity contribution in [2.75, 3.05) is 0 Å². The zero-order valence-corrected chi connectivity index (χ0v) is 14.2. The molecule has 0 aromatic heterocycles. The Kier molecular flexibility index (Phi) is 14.9. The van der Waals surface area contributed by atoms with E-state index in [0.717, 1.165) is 12.5 Å². The molecular weight excluding hydrogens is 288 g/mol. The van der Waals surface area contributed by atoms with Crippen LogP contribution >= 0.6 is 0 Å². The van der Waals surface area contributed by atoms with Gasteiger partial charge in [-0.15, -0.1) is 0 Å². The van der Waals surface area contributed by atoms with E-state index in [4.69, 9.17) is 5.11 Å². The van der Waals surface area contributed by atoms with Crippen LogP contribution in [-0.2, 0) is 4.79 Å². The van der Waals surface area contributed by atoms with Crippen LogP contribution in [0.5, 0.6) is 0 Å². The minimum absolute atomic E-state index is 0.0132. The number of carbonyl (C=O) groups is 1. The highest BCUT2D eigenvalue weighted by molar-refractivity contribution is 5.80. The number of allylic oxidation sites excluding steroid dienone is 8. The van der Waals surface area contributed by atoms with Gasteiger partial charge in [0.1, 0.15) is 5.76 Å². The lowest BCUT2D eigenvalue weighted by Crippen LogP contribution is -1.84. The number of aliphatic hydroxyl groups is 1. The highest BCUT2D eigenvalue weighted by Gasteiger charge is 1.88. The SMILES string of the molecule is CCCCCCCCC/C=C/C=C/C=C/C(O)=C/C=C/C(=O)O. The van der Waals surface area contributed by atoms with Crippen LogP contribution in [0.3, 0.4) is 0 Å². The van der Waals surface area contributed by atoms with Crippen LogP contribution < -0.4 is 0 Å².